The monoisotopic (exact) mass is 383 g/mol. The molecule has 0 atom stereocenters. The molecule has 0 spiro atoms. The molecule has 7 heteroatoms. The van der Waals surface area contributed by atoms with Gasteiger partial charge in [-0.3, -0.25) is 0 Å². The standard InChI is InChI=1S/C21H25N3O4/c1-3-28-17-10-8-16(9-11-17)22-21(26)24-14-12-23(13-15-24)19-7-5-4-6-18(19)20(25)27-2/h4-11H,3,12-15H2,1-2H3,(H,22,26). The van der Waals surface area contributed by atoms with Crippen molar-refractivity contribution in [2.24, 2.45) is 0 Å². The molecular weight excluding hydrogens is 358 g/mol. The van der Waals surface area contributed by atoms with Gasteiger partial charge in [0.05, 0.1) is 25.0 Å². The molecule has 1 fully saturated rings. The summed E-state index contributed by atoms with van der Waals surface area (Å²) in [6, 6.07) is 14.6. The summed E-state index contributed by atoms with van der Waals surface area (Å²) in [5.74, 6) is 0.421. The average molecular weight is 383 g/mol. The number of carbonyl (C=O) groups excluding carboxylic acids is 2. The summed E-state index contributed by atoms with van der Waals surface area (Å²) >= 11 is 0. The topological polar surface area (TPSA) is 71.1 Å². The van der Waals surface area contributed by atoms with Crippen molar-refractivity contribution >= 4 is 23.4 Å². The lowest BCUT2D eigenvalue weighted by Gasteiger charge is -2.36. The molecule has 0 aromatic heterocycles. The Bertz CT molecular complexity index is 815. The van der Waals surface area contributed by atoms with Crippen LogP contribution < -0.4 is 15.0 Å². The summed E-state index contributed by atoms with van der Waals surface area (Å²) < 4.78 is 10.3. The van der Waals surface area contributed by atoms with Crippen molar-refractivity contribution in [3.05, 3.63) is 54.1 Å². The van der Waals surface area contributed by atoms with Crippen LogP contribution in [0.25, 0.3) is 0 Å². The lowest BCUT2D eigenvalue weighted by Crippen LogP contribution is -2.50. The lowest BCUT2D eigenvalue weighted by atomic mass is 10.1. The third kappa shape index (κ3) is 4.54. The molecule has 0 saturated carbocycles. The average Bonchev–Trinajstić information content (AvgIpc) is 2.75. The second-order valence-corrected chi connectivity index (χ2v) is 6.37. The zero-order chi connectivity index (χ0) is 19.9. The highest BCUT2D eigenvalue weighted by molar-refractivity contribution is 5.96. The van der Waals surface area contributed by atoms with Crippen LogP contribution in [0.5, 0.6) is 5.75 Å². The second kappa shape index (κ2) is 9.12. The van der Waals surface area contributed by atoms with Crippen LogP contribution >= 0.6 is 0 Å². The third-order valence-electron chi connectivity index (χ3n) is 4.63. The molecule has 0 aliphatic carbocycles. The number of hydrogen-bond acceptors (Lipinski definition) is 5. The van der Waals surface area contributed by atoms with Gasteiger partial charge in [-0.15, -0.1) is 0 Å². The fraction of sp³-hybridized carbons (Fsp3) is 0.333. The maximum Gasteiger partial charge on any atom is 0.339 e. The summed E-state index contributed by atoms with van der Waals surface area (Å²) in [6.45, 7) is 4.96. The maximum absolute atomic E-state index is 12.5. The first-order valence-corrected chi connectivity index (χ1v) is 9.33. The number of rotatable bonds is 5. The van der Waals surface area contributed by atoms with E-state index in [2.05, 4.69) is 10.2 Å². The van der Waals surface area contributed by atoms with E-state index in [4.69, 9.17) is 9.47 Å². The number of benzene rings is 2. The fourth-order valence-corrected chi connectivity index (χ4v) is 3.19. The molecule has 1 heterocycles. The maximum atomic E-state index is 12.5. The predicted octanol–water partition coefficient (Wildman–Crippen LogP) is 3.23. The minimum atomic E-state index is -0.355. The van der Waals surface area contributed by atoms with Crippen molar-refractivity contribution in [1.82, 2.24) is 4.90 Å². The number of nitrogens with one attached hydrogen (secondary N) is 1. The smallest absolute Gasteiger partial charge is 0.339 e. The number of hydrogen-bond donors (Lipinski definition) is 1. The van der Waals surface area contributed by atoms with E-state index in [-0.39, 0.29) is 12.0 Å². The molecule has 0 bridgehead atoms. The SMILES string of the molecule is CCOc1ccc(NC(=O)N2CCN(c3ccccc3C(=O)OC)CC2)cc1. The Balaban J connectivity index is 1.58. The number of nitrogens with zero attached hydrogens (tertiary/aromatic N) is 2. The molecule has 28 heavy (non-hydrogen) atoms. The molecule has 148 valence electrons. The van der Waals surface area contributed by atoms with Crippen molar-refractivity contribution in [1.29, 1.82) is 0 Å². The van der Waals surface area contributed by atoms with E-state index in [0.717, 1.165) is 17.1 Å². The molecule has 2 aromatic carbocycles. The van der Waals surface area contributed by atoms with Crippen molar-refractivity contribution in [2.45, 2.75) is 6.92 Å². The highest BCUT2D eigenvalue weighted by Crippen LogP contribution is 2.23. The summed E-state index contributed by atoms with van der Waals surface area (Å²) in [7, 11) is 1.38. The lowest BCUT2D eigenvalue weighted by molar-refractivity contribution is 0.0601. The summed E-state index contributed by atoms with van der Waals surface area (Å²) in [4.78, 5) is 28.4. The molecule has 2 aromatic rings. The number of esters is 1. The van der Waals surface area contributed by atoms with Crippen LogP contribution in [0.15, 0.2) is 48.5 Å². The summed E-state index contributed by atoms with van der Waals surface area (Å²) in [6.07, 6.45) is 0. The second-order valence-electron chi connectivity index (χ2n) is 6.37. The van der Waals surface area contributed by atoms with Gasteiger partial charge in [0.1, 0.15) is 5.75 Å². The Morgan fingerprint density at radius 3 is 2.32 bits per heavy atom. The molecule has 7 nitrogen and oxygen atoms in total. The van der Waals surface area contributed by atoms with Gasteiger partial charge in [-0.1, -0.05) is 12.1 Å². The van der Waals surface area contributed by atoms with Crippen LogP contribution in [0.4, 0.5) is 16.2 Å². The van der Waals surface area contributed by atoms with Gasteiger partial charge in [-0.25, -0.2) is 9.59 Å². The van der Waals surface area contributed by atoms with Gasteiger partial charge in [0.2, 0.25) is 0 Å². The van der Waals surface area contributed by atoms with E-state index in [1.807, 2.05) is 49.4 Å². The molecule has 0 radical (unpaired) electrons. The van der Waals surface area contributed by atoms with E-state index in [9.17, 15) is 9.59 Å². The molecule has 1 N–H and O–H groups in total. The molecule has 3 rings (SSSR count). The predicted molar refractivity (Wildman–Crippen MR) is 108 cm³/mol. The van der Waals surface area contributed by atoms with Gasteiger partial charge in [0.25, 0.3) is 0 Å². The van der Waals surface area contributed by atoms with Crippen molar-refractivity contribution < 1.29 is 19.1 Å². The molecule has 1 saturated heterocycles. The number of urea groups is 1. The first kappa shape index (κ1) is 19.5. The molecule has 1 aliphatic heterocycles. The zero-order valence-electron chi connectivity index (χ0n) is 16.2. The first-order chi connectivity index (χ1) is 13.6. The van der Waals surface area contributed by atoms with Gasteiger partial charge in [0, 0.05) is 31.9 Å². The highest BCUT2D eigenvalue weighted by Gasteiger charge is 2.24. The Labute approximate surface area is 164 Å². The highest BCUT2D eigenvalue weighted by atomic mass is 16.5. The number of methoxy groups -OCH3 is 1. The Morgan fingerprint density at radius 2 is 1.68 bits per heavy atom. The van der Waals surface area contributed by atoms with Crippen molar-refractivity contribution in [2.75, 3.05) is 50.1 Å². The number of piperazine rings is 1. The molecule has 2 amide bonds. The van der Waals surface area contributed by atoms with E-state index in [0.29, 0.717) is 38.3 Å². The normalized spacial score (nSPS) is 13.8. The summed E-state index contributed by atoms with van der Waals surface area (Å²) in [5, 5.41) is 2.91. The first-order valence-electron chi connectivity index (χ1n) is 9.33. The number of anilines is 2. The minimum absolute atomic E-state index is 0.134. The van der Waals surface area contributed by atoms with Gasteiger partial charge in [-0.05, 0) is 43.3 Å². The van der Waals surface area contributed by atoms with Crippen LogP contribution in [0.1, 0.15) is 17.3 Å². The Kier molecular flexibility index (Phi) is 6.37. The van der Waals surface area contributed by atoms with Crippen LogP contribution in [-0.2, 0) is 4.74 Å². The Hall–Kier alpha value is -3.22. The number of para-hydroxylation sites is 1. The van der Waals surface area contributed by atoms with E-state index in [1.165, 1.54) is 7.11 Å². The Morgan fingerprint density at radius 1 is 1.00 bits per heavy atom. The van der Waals surface area contributed by atoms with Gasteiger partial charge >= 0.3 is 12.0 Å². The quantitative estimate of drug-likeness (QED) is 0.803. The third-order valence-corrected chi connectivity index (χ3v) is 4.63. The van der Waals surface area contributed by atoms with Crippen LogP contribution in [0.3, 0.4) is 0 Å². The van der Waals surface area contributed by atoms with Gasteiger partial charge in [0.15, 0.2) is 0 Å². The number of carbonyl (C=O) groups is 2. The molecule has 1 aliphatic rings. The van der Waals surface area contributed by atoms with Crippen LogP contribution in [0.2, 0.25) is 0 Å². The number of amides is 2. The van der Waals surface area contributed by atoms with Crippen LogP contribution in [-0.4, -0.2) is 56.8 Å². The van der Waals surface area contributed by atoms with Crippen molar-refractivity contribution in [3.63, 3.8) is 0 Å². The van der Waals surface area contributed by atoms with Gasteiger partial charge in [-0.2, -0.15) is 0 Å². The van der Waals surface area contributed by atoms with E-state index >= 15 is 0 Å². The summed E-state index contributed by atoms with van der Waals surface area (Å²) in [5.41, 5.74) is 2.10. The van der Waals surface area contributed by atoms with Gasteiger partial charge < -0.3 is 24.6 Å². The molecular formula is C21H25N3O4. The van der Waals surface area contributed by atoms with Crippen LogP contribution in [0, 0.1) is 0 Å². The largest absolute Gasteiger partial charge is 0.494 e. The van der Waals surface area contributed by atoms with Crippen molar-refractivity contribution in [3.8, 4) is 5.75 Å². The zero-order valence-corrected chi connectivity index (χ0v) is 16.2. The van der Waals surface area contributed by atoms with E-state index in [1.54, 1.807) is 11.0 Å². The van der Waals surface area contributed by atoms with E-state index < -0.39 is 0 Å². The number of ether oxygens (including phenoxy) is 2. The minimum Gasteiger partial charge on any atom is -0.494 e. The molecule has 0 unspecified atom stereocenters. The fourth-order valence-electron chi connectivity index (χ4n) is 3.19.